The van der Waals surface area contributed by atoms with Crippen molar-refractivity contribution in [3.63, 3.8) is 0 Å². The van der Waals surface area contributed by atoms with Gasteiger partial charge in [-0.1, -0.05) is 121 Å². The normalized spacial score (nSPS) is 11.7. The molecule has 0 saturated heterocycles. The first-order valence-electron chi connectivity index (χ1n) is 14.1. The molecule has 0 aliphatic carbocycles. The predicted octanol–water partition coefficient (Wildman–Crippen LogP) is 9.26. The summed E-state index contributed by atoms with van der Waals surface area (Å²) in [6.07, 6.45) is 2.53. The van der Waals surface area contributed by atoms with Gasteiger partial charge in [0.1, 0.15) is 0 Å². The lowest BCUT2D eigenvalue weighted by molar-refractivity contribution is 0.589. The molecule has 1 aromatic heterocycles. The van der Waals surface area contributed by atoms with Crippen LogP contribution in [0.3, 0.4) is 0 Å². The molecule has 7 aromatic rings. The summed E-state index contributed by atoms with van der Waals surface area (Å²) in [5, 5.41) is 3.24. The molecule has 3 nitrogen and oxygen atoms in total. The Morgan fingerprint density at radius 3 is 1.88 bits per heavy atom. The molecular formula is C38H29NO2S. The van der Waals surface area contributed by atoms with Crippen molar-refractivity contribution in [1.29, 1.82) is 0 Å². The first-order valence-corrected chi connectivity index (χ1v) is 15.5. The van der Waals surface area contributed by atoms with Gasteiger partial charge in [0.25, 0.3) is 10.0 Å². The maximum absolute atomic E-state index is 14.0. The van der Waals surface area contributed by atoms with Gasteiger partial charge in [0.05, 0.1) is 10.4 Å². The summed E-state index contributed by atoms with van der Waals surface area (Å²) in [7, 11) is -3.83. The smallest absolute Gasteiger partial charge is 0.241 e. The van der Waals surface area contributed by atoms with Crippen LogP contribution in [0.25, 0.3) is 43.9 Å². The molecule has 0 fully saturated rings. The molecule has 6 aromatic carbocycles. The standard InChI is InChI=1S/C38H29NO2S/c1-27-20-22-30(23-21-27)42(40,41)39-26-37(33-18-10-11-19-38(33)39)36-25-34(29-14-6-3-7-15-29)31-16-8-9-17-32(31)35(36)24-28-12-4-2-5-13-28/h2-23,25-26H,24H2,1H3. The van der Waals surface area contributed by atoms with E-state index < -0.39 is 10.0 Å². The summed E-state index contributed by atoms with van der Waals surface area (Å²) in [5.74, 6) is 0. The highest BCUT2D eigenvalue weighted by Gasteiger charge is 2.24. The summed E-state index contributed by atoms with van der Waals surface area (Å²) in [6.45, 7) is 1.96. The number of fused-ring (bicyclic) bond motifs is 2. The second kappa shape index (κ2) is 10.5. The third-order valence-electron chi connectivity index (χ3n) is 8.01. The van der Waals surface area contributed by atoms with Crippen LogP contribution in [-0.4, -0.2) is 12.4 Å². The van der Waals surface area contributed by atoms with Gasteiger partial charge in [0, 0.05) is 17.1 Å². The van der Waals surface area contributed by atoms with Gasteiger partial charge in [-0.15, -0.1) is 0 Å². The molecule has 0 unspecified atom stereocenters. The quantitative estimate of drug-likeness (QED) is 0.202. The van der Waals surface area contributed by atoms with E-state index >= 15 is 0 Å². The van der Waals surface area contributed by atoms with Crippen molar-refractivity contribution < 1.29 is 8.42 Å². The van der Waals surface area contributed by atoms with Crippen LogP contribution < -0.4 is 0 Å². The molecule has 0 aliphatic rings. The number of aryl methyl sites for hydroxylation is 1. The van der Waals surface area contributed by atoms with E-state index in [1.165, 1.54) is 20.5 Å². The molecule has 0 bridgehead atoms. The lowest BCUT2D eigenvalue weighted by atomic mass is 9.86. The van der Waals surface area contributed by atoms with Crippen molar-refractivity contribution in [3.8, 4) is 22.3 Å². The van der Waals surface area contributed by atoms with Crippen molar-refractivity contribution in [1.82, 2.24) is 3.97 Å². The second-order valence-corrected chi connectivity index (χ2v) is 12.5. The van der Waals surface area contributed by atoms with Gasteiger partial charge < -0.3 is 0 Å². The van der Waals surface area contributed by atoms with Crippen LogP contribution >= 0.6 is 0 Å². The van der Waals surface area contributed by atoms with Crippen LogP contribution in [0.1, 0.15) is 16.7 Å². The Balaban J connectivity index is 1.55. The lowest BCUT2D eigenvalue weighted by Crippen LogP contribution is -2.11. The summed E-state index contributed by atoms with van der Waals surface area (Å²) >= 11 is 0. The fourth-order valence-corrected chi connectivity index (χ4v) is 7.28. The molecule has 0 saturated carbocycles. The zero-order chi connectivity index (χ0) is 28.7. The van der Waals surface area contributed by atoms with Crippen molar-refractivity contribution >= 4 is 31.7 Å². The molecule has 42 heavy (non-hydrogen) atoms. The summed E-state index contributed by atoms with van der Waals surface area (Å²) in [4.78, 5) is 0.272. The number of para-hydroxylation sites is 1. The first kappa shape index (κ1) is 26.0. The van der Waals surface area contributed by atoms with Crippen molar-refractivity contribution in [3.05, 3.63) is 162 Å². The van der Waals surface area contributed by atoms with Gasteiger partial charge in [-0.25, -0.2) is 12.4 Å². The minimum absolute atomic E-state index is 0.272. The highest BCUT2D eigenvalue weighted by molar-refractivity contribution is 7.90. The fraction of sp³-hybridized carbons (Fsp3) is 0.0526. The first-order chi connectivity index (χ1) is 20.5. The summed E-state index contributed by atoms with van der Waals surface area (Å²) in [5.41, 5.74) is 8.23. The van der Waals surface area contributed by atoms with Crippen LogP contribution in [-0.2, 0) is 16.4 Å². The van der Waals surface area contributed by atoms with Gasteiger partial charge >= 0.3 is 0 Å². The van der Waals surface area contributed by atoms with Crippen molar-refractivity contribution in [2.75, 3.05) is 0 Å². The van der Waals surface area contributed by atoms with Gasteiger partial charge in [-0.3, -0.25) is 0 Å². The Labute approximate surface area is 246 Å². The molecule has 0 N–H and O–H groups in total. The molecule has 7 rings (SSSR count). The van der Waals surface area contributed by atoms with E-state index in [4.69, 9.17) is 0 Å². The highest BCUT2D eigenvalue weighted by Crippen LogP contribution is 2.42. The van der Waals surface area contributed by atoms with Gasteiger partial charge in [0.15, 0.2) is 0 Å². The molecule has 204 valence electrons. The lowest BCUT2D eigenvalue weighted by Gasteiger charge is -2.18. The number of nitrogens with zero attached hydrogens (tertiary/aromatic N) is 1. The molecule has 0 amide bonds. The third-order valence-corrected chi connectivity index (χ3v) is 9.70. The largest absolute Gasteiger partial charge is 0.268 e. The molecule has 0 atom stereocenters. The zero-order valence-electron chi connectivity index (χ0n) is 23.2. The Bertz CT molecular complexity index is 2160. The minimum atomic E-state index is -3.83. The van der Waals surface area contributed by atoms with Crippen LogP contribution in [0.2, 0.25) is 0 Å². The van der Waals surface area contributed by atoms with Gasteiger partial charge in [-0.05, 0) is 76.2 Å². The van der Waals surface area contributed by atoms with E-state index in [-0.39, 0.29) is 4.90 Å². The van der Waals surface area contributed by atoms with E-state index in [1.807, 2.05) is 61.7 Å². The fourth-order valence-electron chi connectivity index (χ4n) is 5.91. The van der Waals surface area contributed by atoms with E-state index in [1.54, 1.807) is 12.1 Å². The average Bonchev–Trinajstić information content (AvgIpc) is 3.43. The molecule has 1 heterocycles. The zero-order valence-corrected chi connectivity index (χ0v) is 24.1. The van der Waals surface area contributed by atoms with E-state index in [0.29, 0.717) is 5.52 Å². The van der Waals surface area contributed by atoms with E-state index in [2.05, 4.69) is 78.9 Å². The molecule has 0 radical (unpaired) electrons. The Morgan fingerprint density at radius 1 is 0.571 bits per heavy atom. The minimum Gasteiger partial charge on any atom is -0.241 e. The van der Waals surface area contributed by atoms with Crippen LogP contribution in [0, 0.1) is 6.92 Å². The number of hydrogen-bond donors (Lipinski definition) is 0. The van der Waals surface area contributed by atoms with Gasteiger partial charge in [0.2, 0.25) is 0 Å². The summed E-state index contributed by atoms with van der Waals surface area (Å²) in [6, 6.07) is 46.5. The number of aromatic nitrogens is 1. The van der Waals surface area contributed by atoms with Crippen LogP contribution in [0.15, 0.2) is 151 Å². The number of benzene rings is 6. The summed E-state index contributed by atoms with van der Waals surface area (Å²) < 4.78 is 29.5. The van der Waals surface area contributed by atoms with Crippen molar-refractivity contribution in [2.45, 2.75) is 18.2 Å². The number of hydrogen-bond acceptors (Lipinski definition) is 2. The monoisotopic (exact) mass is 563 g/mol. The number of rotatable bonds is 6. The van der Waals surface area contributed by atoms with E-state index in [9.17, 15) is 8.42 Å². The molecule has 0 aliphatic heterocycles. The predicted molar refractivity (Wildman–Crippen MR) is 173 cm³/mol. The molecule has 4 heteroatoms. The maximum atomic E-state index is 14.0. The molecular weight excluding hydrogens is 534 g/mol. The molecule has 0 spiro atoms. The average molecular weight is 564 g/mol. The Morgan fingerprint density at radius 2 is 1.17 bits per heavy atom. The maximum Gasteiger partial charge on any atom is 0.268 e. The van der Waals surface area contributed by atoms with Crippen LogP contribution in [0.5, 0.6) is 0 Å². The Hall–Kier alpha value is -4.93. The SMILES string of the molecule is Cc1ccc(S(=O)(=O)n2cc(-c3cc(-c4ccccc4)c4ccccc4c3Cc3ccccc3)c3ccccc32)cc1. The van der Waals surface area contributed by atoms with Crippen LogP contribution in [0.4, 0.5) is 0 Å². The Kier molecular flexibility index (Phi) is 6.49. The van der Waals surface area contributed by atoms with Gasteiger partial charge in [-0.2, -0.15) is 0 Å². The topological polar surface area (TPSA) is 39.1 Å². The second-order valence-electron chi connectivity index (χ2n) is 10.7. The van der Waals surface area contributed by atoms with Crippen molar-refractivity contribution in [2.24, 2.45) is 0 Å². The third kappa shape index (κ3) is 4.50. The highest BCUT2D eigenvalue weighted by atomic mass is 32.2. The van der Waals surface area contributed by atoms with E-state index in [0.717, 1.165) is 45.0 Å².